The number of ether oxygens (including phenoxy) is 1. The number of carbonyl (C=O) groups excluding carboxylic acids is 2. The molecule has 4 aromatic rings. The minimum Gasteiger partial charge on any atom is -0.495 e. The van der Waals surface area contributed by atoms with Crippen LogP contribution in [-0.2, 0) is 17.6 Å². The SMILES string of the molecule is COc1ccc(NC(=O)c2ccc3nc(CCc4ccc(NC(C)=O)cc4)[nH]c3c2)cc1Cl. The van der Waals surface area contributed by atoms with Crippen LogP contribution in [0.25, 0.3) is 11.0 Å². The van der Waals surface area contributed by atoms with E-state index in [1.807, 2.05) is 30.3 Å². The standard InChI is InChI=1S/C25H23ClN4O3/c1-15(31)27-18-7-3-16(4-8-18)5-12-24-29-21-10-6-17(13-22(21)30-24)25(32)28-19-9-11-23(33-2)20(26)14-19/h3-4,6-11,13-14H,5,12H2,1-2H3,(H,27,31)(H,28,32)(H,29,30). The van der Waals surface area contributed by atoms with Crippen molar-refractivity contribution in [1.82, 2.24) is 9.97 Å². The van der Waals surface area contributed by atoms with Gasteiger partial charge < -0.3 is 20.4 Å². The van der Waals surface area contributed by atoms with Gasteiger partial charge in [0.2, 0.25) is 5.91 Å². The lowest BCUT2D eigenvalue weighted by atomic mass is 10.1. The second-order valence-corrected chi connectivity index (χ2v) is 8.00. The molecule has 0 saturated carbocycles. The van der Waals surface area contributed by atoms with E-state index in [0.29, 0.717) is 22.0 Å². The number of H-pyrrole nitrogens is 1. The fourth-order valence-corrected chi connectivity index (χ4v) is 3.75. The summed E-state index contributed by atoms with van der Waals surface area (Å²) in [5.41, 5.74) is 4.61. The van der Waals surface area contributed by atoms with E-state index >= 15 is 0 Å². The summed E-state index contributed by atoms with van der Waals surface area (Å²) in [6, 6.07) is 18.2. The third-order valence-electron chi connectivity index (χ3n) is 5.13. The van der Waals surface area contributed by atoms with Gasteiger partial charge in [0.1, 0.15) is 11.6 Å². The molecule has 3 aromatic carbocycles. The molecule has 0 saturated heterocycles. The van der Waals surface area contributed by atoms with Crippen LogP contribution in [0.2, 0.25) is 5.02 Å². The highest BCUT2D eigenvalue weighted by Crippen LogP contribution is 2.27. The Kier molecular flexibility index (Phi) is 6.60. The Balaban J connectivity index is 1.42. The summed E-state index contributed by atoms with van der Waals surface area (Å²) >= 11 is 6.14. The van der Waals surface area contributed by atoms with Crippen molar-refractivity contribution in [2.24, 2.45) is 0 Å². The average molecular weight is 463 g/mol. The number of amides is 2. The number of aromatic nitrogens is 2. The van der Waals surface area contributed by atoms with Crippen molar-refractivity contribution < 1.29 is 14.3 Å². The first-order valence-corrected chi connectivity index (χ1v) is 10.8. The summed E-state index contributed by atoms with van der Waals surface area (Å²) in [6.07, 6.45) is 1.52. The highest BCUT2D eigenvalue weighted by molar-refractivity contribution is 6.32. The minimum atomic E-state index is -0.242. The maximum absolute atomic E-state index is 12.7. The fraction of sp³-hybridized carbons (Fsp3) is 0.160. The number of fused-ring (bicyclic) bond motifs is 1. The number of methoxy groups -OCH3 is 1. The monoisotopic (exact) mass is 462 g/mol. The largest absolute Gasteiger partial charge is 0.495 e. The summed E-state index contributed by atoms with van der Waals surface area (Å²) in [5.74, 6) is 1.06. The van der Waals surface area contributed by atoms with E-state index in [2.05, 4.69) is 20.6 Å². The van der Waals surface area contributed by atoms with E-state index in [1.165, 1.54) is 14.0 Å². The predicted molar refractivity (Wildman–Crippen MR) is 130 cm³/mol. The second kappa shape index (κ2) is 9.75. The quantitative estimate of drug-likeness (QED) is 0.351. The molecule has 1 heterocycles. The number of aromatic amines is 1. The first-order valence-electron chi connectivity index (χ1n) is 10.4. The van der Waals surface area contributed by atoms with Gasteiger partial charge in [-0.15, -0.1) is 0 Å². The Labute approximate surface area is 196 Å². The number of halogens is 1. The van der Waals surface area contributed by atoms with Crippen molar-refractivity contribution >= 4 is 45.8 Å². The van der Waals surface area contributed by atoms with Crippen LogP contribution in [0.4, 0.5) is 11.4 Å². The Hall–Kier alpha value is -3.84. The molecule has 7 nitrogen and oxygen atoms in total. The van der Waals surface area contributed by atoms with E-state index in [4.69, 9.17) is 16.3 Å². The van der Waals surface area contributed by atoms with E-state index in [1.54, 1.807) is 30.3 Å². The van der Waals surface area contributed by atoms with Crippen LogP contribution in [0.1, 0.15) is 28.7 Å². The van der Waals surface area contributed by atoms with Gasteiger partial charge in [0.25, 0.3) is 5.91 Å². The topological polar surface area (TPSA) is 96.1 Å². The molecule has 0 radical (unpaired) electrons. The van der Waals surface area contributed by atoms with Crippen molar-refractivity contribution in [3.63, 3.8) is 0 Å². The van der Waals surface area contributed by atoms with Gasteiger partial charge in [0.05, 0.1) is 23.2 Å². The molecule has 0 fully saturated rings. The normalized spacial score (nSPS) is 10.8. The third kappa shape index (κ3) is 5.51. The number of benzene rings is 3. The zero-order chi connectivity index (χ0) is 23.4. The van der Waals surface area contributed by atoms with Gasteiger partial charge in [0, 0.05) is 30.3 Å². The number of anilines is 2. The molecule has 33 heavy (non-hydrogen) atoms. The molecule has 0 unspecified atom stereocenters. The molecule has 168 valence electrons. The summed E-state index contributed by atoms with van der Waals surface area (Å²) < 4.78 is 5.14. The maximum Gasteiger partial charge on any atom is 0.255 e. The van der Waals surface area contributed by atoms with Crippen molar-refractivity contribution in [1.29, 1.82) is 0 Å². The van der Waals surface area contributed by atoms with Crippen LogP contribution < -0.4 is 15.4 Å². The van der Waals surface area contributed by atoms with E-state index in [-0.39, 0.29) is 11.8 Å². The smallest absolute Gasteiger partial charge is 0.255 e. The van der Waals surface area contributed by atoms with Gasteiger partial charge in [-0.25, -0.2) is 4.98 Å². The lowest BCUT2D eigenvalue weighted by molar-refractivity contribution is -0.114. The maximum atomic E-state index is 12.7. The number of nitrogens with one attached hydrogen (secondary N) is 3. The summed E-state index contributed by atoms with van der Waals surface area (Å²) in [4.78, 5) is 31.7. The lowest BCUT2D eigenvalue weighted by Crippen LogP contribution is -2.11. The van der Waals surface area contributed by atoms with Gasteiger partial charge in [-0.3, -0.25) is 9.59 Å². The second-order valence-electron chi connectivity index (χ2n) is 7.60. The number of rotatable bonds is 7. The highest BCUT2D eigenvalue weighted by Gasteiger charge is 2.11. The Morgan fingerprint density at radius 1 is 0.970 bits per heavy atom. The first-order chi connectivity index (χ1) is 15.9. The van der Waals surface area contributed by atoms with Crippen LogP contribution in [0, 0.1) is 0 Å². The lowest BCUT2D eigenvalue weighted by Gasteiger charge is -2.08. The molecular weight excluding hydrogens is 440 g/mol. The number of hydrogen-bond acceptors (Lipinski definition) is 4. The molecule has 4 rings (SSSR count). The number of nitrogens with zero attached hydrogens (tertiary/aromatic N) is 1. The molecule has 8 heteroatoms. The van der Waals surface area contributed by atoms with Crippen LogP contribution >= 0.6 is 11.6 Å². The predicted octanol–water partition coefficient (Wildman–Crippen LogP) is 5.22. The molecule has 0 aliphatic carbocycles. The van der Waals surface area contributed by atoms with Gasteiger partial charge >= 0.3 is 0 Å². The molecule has 2 amide bonds. The van der Waals surface area contributed by atoms with Crippen molar-refractivity contribution in [2.75, 3.05) is 17.7 Å². The molecule has 1 aromatic heterocycles. The zero-order valence-corrected chi connectivity index (χ0v) is 19.0. The fourth-order valence-electron chi connectivity index (χ4n) is 3.49. The number of imidazole rings is 1. The van der Waals surface area contributed by atoms with Crippen LogP contribution in [0.15, 0.2) is 60.7 Å². The average Bonchev–Trinajstić information content (AvgIpc) is 3.20. The molecule has 0 aliphatic heterocycles. The molecule has 0 aliphatic rings. The van der Waals surface area contributed by atoms with Gasteiger partial charge in [-0.05, 0) is 60.5 Å². The molecule has 0 spiro atoms. The summed E-state index contributed by atoms with van der Waals surface area (Å²) in [5, 5.41) is 6.03. The summed E-state index contributed by atoms with van der Waals surface area (Å²) in [6.45, 7) is 1.49. The van der Waals surface area contributed by atoms with Crippen molar-refractivity contribution in [2.45, 2.75) is 19.8 Å². The number of carbonyl (C=O) groups is 2. The third-order valence-corrected chi connectivity index (χ3v) is 5.42. The summed E-state index contributed by atoms with van der Waals surface area (Å²) in [7, 11) is 1.54. The minimum absolute atomic E-state index is 0.0918. The van der Waals surface area contributed by atoms with Gasteiger partial charge in [-0.2, -0.15) is 0 Å². The molecule has 0 atom stereocenters. The highest BCUT2D eigenvalue weighted by atomic mass is 35.5. The van der Waals surface area contributed by atoms with E-state index < -0.39 is 0 Å². The van der Waals surface area contributed by atoms with Crippen molar-refractivity contribution in [3.05, 3.63) is 82.6 Å². The van der Waals surface area contributed by atoms with Gasteiger partial charge in [-0.1, -0.05) is 23.7 Å². The van der Waals surface area contributed by atoms with Gasteiger partial charge in [0.15, 0.2) is 0 Å². The van der Waals surface area contributed by atoms with E-state index in [0.717, 1.165) is 41.0 Å². The van der Waals surface area contributed by atoms with Crippen molar-refractivity contribution in [3.8, 4) is 5.75 Å². The first kappa shape index (κ1) is 22.4. The Morgan fingerprint density at radius 3 is 2.42 bits per heavy atom. The Bertz CT molecular complexity index is 1320. The molecule has 3 N–H and O–H groups in total. The number of aryl methyl sites for hydroxylation is 2. The molecular formula is C25H23ClN4O3. The zero-order valence-electron chi connectivity index (χ0n) is 18.2. The van der Waals surface area contributed by atoms with Crippen LogP contribution in [0.3, 0.4) is 0 Å². The van der Waals surface area contributed by atoms with Crippen LogP contribution in [-0.4, -0.2) is 28.9 Å². The van der Waals surface area contributed by atoms with E-state index in [9.17, 15) is 9.59 Å². The van der Waals surface area contributed by atoms with Crippen LogP contribution in [0.5, 0.6) is 5.75 Å². The molecule has 0 bridgehead atoms. The Morgan fingerprint density at radius 2 is 1.73 bits per heavy atom. The number of hydrogen-bond donors (Lipinski definition) is 3.